The van der Waals surface area contributed by atoms with Crippen LogP contribution in [0, 0.1) is 0 Å². The summed E-state index contributed by atoms with van der Waals surface area (Å²) in [5.41, 5.74) is 0. The van der Waals surface area contributed by atoms with Crippen LogP contribution in [0.5, 0.6) is 0 Å². The highest BCUT2D eigenvalue weighted by atomic mass is 16.5. The molecule has 4 heteroatoms. The van der Waals surface area contributed by atoms with Crippen LogP contribution in [-0.2, 0) is 9.47 Å². The van der Waals surface area contributed by atoms with E-state index in [1.54, 1.807) is 7.11 Å². The summed E-state index contributed by atoms with van der Waals surface area (Å²) in [7, 11) is 1.71. The molecule has 4 nitrogen and oxygen atoms in total. The molecule has 90 valence electrons. The zero-order valence-corrected chi connectivity index (χ0v) is 9.82. The van der Waals surface area contributed by atoms with Crippen molar-refractivity contribution in [3.8, 4) is 0 Å². The van der Waals surface area contributed by atoms with E-state index in [2.05, 4.69) is 4.90 Å². The van der Waals surface area contributed by atoms with Crippen LogP contribution >= 0.6 is 0 Å². The van der Waals surface area contributed by atoms with E-state index in [-0.39, 0.29) is 6.10 Å². The van der Waals surface area contributed by atoms with Gasteiger partial charge in [-0.3, -0.25) is 4.90 Å². The third kappa shape index (κ3) is 5.47. The Balaban J connectivity index is 2.17. The zero-order valence-electron chi connectivity index (χ0n) is 9.82. The molecule has 1 saturated carbocycles. The van der Waals surface area contributed by atoms with Crippen molar-refractivity contribution in [3.05, 3.63) is 0 Å². The van der Waals surface area contributed by atoms with Crippen LogP contribution in [-0.4, -0.2) is 62.2 Å². The van der Waals surface area contributed by atoms with E-state index >= 15 is 0 Å². The minimum Gasteiger partial charge on any atom is -0.389 e. The number of aliphatic hydroxyl groups is 1. The maximum Gasteiger partial charge on any atom is 0.0900 e. The van der Waals surface area contributed by atoms with Crippen LogP contribution in [0.15, 0.2) is 0 Å². The lowest BCUT2D eigenvalue weighted by Gasteiger charge is -2.24. The molecule has 15 heavy (non-hydrogen) atoms. The van der Waals surface area contributed by atoms with E-state index in [4.69, 9.17) is 9.47 Å². The highest BCUT2D eigenvalue weighted by Gasteiger charge is 2.29. The van der Waals surface area contributed by atoms with E-state index in [0.29, 0.717) is 25.8 Å². The first kappa shape index (κ1) is 12.9. The van der Waals surface area contributed by atoms with Gasteiger partial charge in [-0.2, -0.15) is 0 Å². The SMILES string of the molecule is CCOCC(O)CN(CCOC)C1CC1. The molecule has 0 aromatic rings. The Morgan fingerprint density at radius 3 is 2.73 bits per heavy atom. The molecule has 0 spiro atoms. The first-order chi connectivity index (χ1) is 7.27. The summed E-state index contributed by atoms with van der Waals surface area (Å²) in [5.74, 6) is 0. The average Bonchev–Trinajstić information content (AvgIpc) is 3.04. The molecule has 1 aliphatic carbocycles. The molecule has 0 aromatic heterocycles. The molecule has 1 N–H and O–H groups in total. The highest BCUT2D eigenvalue weighted by molar-refractivity contribution is 4.85. The Morgan fingerprint density at radius 1 is 1.47 bits per heavy atom. The summed E-state index contributed by atoms with van der Waals surface area (Å²) >= 11 is 0. The van der Waals surface area contributed by atoms with E-state index in [0.717, 1.165) is 13.2 Å². The second-order valence-electron chi connectivity index (χ2n) is 4.03. The smallest absolute Gasteiger partial charge is 0.0900 e. The minimum absolute atomic E-state index is 0.373. The van der Waals surface area contributed by atoms with Crippen LogP contribution in [0.25, 0.3) is 0 Å². The molecule has 0 bridgehead atoms. The Labute approximate surface area is 92.2 Å². The summed E-state index contributed by atoms with van der Waals surface area (Å²) in [6.07, 6.45) is 2.14. The average molecular weight is 217 g/mol. The van der Waals surface area contributed by atoms with Gasteiger partial charge in [-0.05, 0) is 19.8 Å². The Bertz CT molecular complexity index is 162. The third-order valence-electron chi connectivity index (χ3n) is 2.61. The lowest BCUT2D eigenvalue weighted by molar-refractivity contribution is 0.0148. The van der Waals surface area contributed by atoms with Crippen LogP contribution in [0.2, 0.25) is 0 Å². The quantitative estimate of drug-likeness (QED) is 0.610. The standard InChI is InChI=1S/C11H23NO3/c1-3-15-9-11(13)8-12(6-7-14-2)10-4-5-10/h10-11,13H,3-9H2,1-2H3. The minimum atomic E-state index is -0.373. The van der Waals surface area contributed by atoms with Crippen molar-refractivity contribution < 1.29 is 14.6 Å². The molecular formula is C11H23NO3. The van der Waals surface area contributed by atoms with Gasteiger partial charge < -0.3 is 14.6 Å². The number of rotatable bonds is 9. The van der Waals surface area contributed by atoms with Crippen molar-refractivity contribution in [1.29, 1.82) is 0 Å². The fourth-order valence-electron chi connectivity index (χ4n) is 1.65. The summed E-state index contributed by atoms with van der Waals surface area (Å²) in [5, 5.41) is 9.72. The van der Waals surface area contributed by atoms with Crippen molar-refractivity contribution in [2.24, 2.45) is 0 Å². The fourth-order valence-corrected chi connectivity index (χ4v) is 1.65. The van der Waals surface area contributed by atoms with Crippen LogP contribution < -0.4 is 0 Å². The first-order valence-electron chi connectivity index (χ1n) is 5.76. The zero-order chi connectivity index (χ0) is 11.1. The fraction of sp³-hybridized carbons (Fsp3) is 1.00. The number of methoxy groups -OCH3 is 1. The number of hydrogen-bond acceptors (Lipinski definition) is 4. The van der Waals surface area contributed by atoms with Gasteiger partial charge in [-0.25, -0.2) is 0 Å². The molecule has 1 fully saturated rings. The van der Waals surface area contributed by atoms with Gasteiger partial charge in [0.15, 0.2) is 0 Å². The van der Waals surface area contributed by atoms with Gasteiger partial charge in [0, 0.05) is 32.8 Å². The molecular weight excluding hydrogens is 194 g/mol. The highest BCUT2D eigenvalue weighted by Crippen LogP contribution is 2.26. The molecule has 0 saturated heterocycles. The molecule has 1 aliphatic rings. The monoisotopic (exact) mass is 217 g/mol. The number of aliphatic hydroxyl groups excluding tert-OH is 1. The molecule has 0 aromatic carbocycles. The largest absolute Gasteiger partial charge is 0.389 e. The van der Waals surface area contributed by atoms with Gasteiger partial charge in [0.2, 0.25) is 0 Å². The van der Waals surface area contributed by atoms with Gasteiger partial charge in [-0.15, -0.1) is 0 Å². The number of ether oxygens (including phenoxy) is 2. The molecule has 0 aliphatic heterocycles. The van der Waals surface area contributed by atoms with Crippen LogP contribution in [0.3, 0.4) is 0 Å². The van der Waals surface area contributed by atoms with Crippen molar-refractivity contribution in [1.82, 2.24) is 4.90 Å². The summed E-state index contributed by atoms with van der Waals surface area (Å²) in [6.45, 7) is 5.39. The molecule has 1 atom stereocenters. The van der Waals surface area contributed by atoms with E-state index < -0.39 is 0 Å². The van der Waals surface area contributed by atoms with E-state index in [1.807, 2.05) is 6.92 Å². The van der Waals surface area contributed by atoms with Crippen molar-refractivity contribution in [2.45, 2.75) is 31.9 Å². The predicted octanol–water partition coefficient (Wildman–Crippen LogP) is 0.495. The lowest BCUT2D eigenvalue weighted by atomic mass is 10.3. The number of hydrogen-bond donors (Lipinski definition) is 1. The Morgan fingerprint density at radius 2 is 2.20 bits per heavy atom. The maximum absolute atomic E-state index is 9.72. The van der Waals surface area contributed by atoms with Crippen molar-refractivity contribution in [2.75, 3.05) is 40.0 Å². The van der Waals surface area contributed by atoms with E-state index in [9.17, 15) is 5.11 Å². The van der Waals surface area contributed by atoms with Gasteiger partial charge in [0.1, 0.15) is 0 Å². The topological polar surface area (TPSA) is 41.9 Å². The molecule has 0 amide bonds. The van der Waals surface area contributed by atoms with Crippen LogP contribution in [0.1, 0.15) is 19.8 Å². The molecule has 0 heterocycles. The van der Waals surface area contributed by atoms with Crippen LogP contribution in [0.4, 0.5) is 0 Å². The third-order valence-corrected chi connectivity index (χ3v) is 2.61. The summed E-state index contributed by atoms with van der Waals surface area (Å²) in [6, 6.07) is 0.663. The molecule has 1 unspecified atom stereocenters. The van der Waals surface area contributed by atoms with Crippen molar-refractivity contribution in [3.63, 3.8) is 0 Å². The second kappa shape index (κ2) is 7.17. The van der Waals surface area contributed by atoms with Crippen molar-refractivity contribution >= 4 is 0 Å². The van der Waals surface area contributed by atoms with Gasteiger partial charge in [-0.1, -0.05) is 0 Å². The van der Waals surface area contributed by atoms with Gasteiger partial charge in [0.25, 0.3) is 0 Å². The molecule has 0 radical (unpaired) electrons. The maximum atomic E-state index is 9.72. The Kier molecular flexibility index (Phi) is 6.17. The summed E-state index contributed by atoms with van der Waals surface area (Å²) < 4.78 is 10.3. The Hall–Kier alpha value is -0.160. The second-order valence-corrected chi connectivity index (χ2v) is 4.03. The van der Waals surface area contributed by atoms with E-state index in [1.165, 1.54) is 12.8 Å². The van der Waals surface area contributed by atoms with Gasteiger partial charge in [0.05, 0.1) is 19.3 Å². The molecule has 1 rings (SSSR count). The van der Waals surface area contributed by atoms with Gasteiger partial charge >= 0.3 is 0 Å². The number of nitrogens with zero attached hydrogens (tertiary/aromatic N) is 1. The lowest BCUT2D eigenvalue weighted by Crippen LogP contribution is -2.38. The first-order valence-corrected chi connectivity index (χ1v) is 5.76. The summed E-state index contributed by atoms with van der Waals surface area (Å²) in [4.78, 5) is 2.30. The normalized spacial score (nSPS) is 18.4. The predicted molar refractivity (Wildman–Crippen MR) is 59.0 cm³/mol.